The summed E-state index contributed by atoms with van der Waals surface area (Å²) in [5.74, 6) is 0.686. The molecule has 0 bridgehead atoms. The number of rotatable bonds is 4. The van der Waals surface area contributed by atoms with E-state index in [4.69, 9.17) is 5.73 Å². The van der Waals surface area contributed by atoms with E-state index in [0.717, 1.165) is 26.1 Å². The second-order valence-corrected chi connectivity index (χ2v) is 5.13. The van der Waals surface area contributed by atoms with Gasteiger partial charge in [0, 0.05) is 18.1 Å². The van der Waals surface area contributed by atoms with Gasteiger partial charge in [-0.15, -0.1) is 23.7 Å². The van der Waals surface area contributed by atoms with Gasteiger partial charge >= 0.3 is 0 Å². The van der Waals surface area contributed by atoms with Gasteiger partial charge in [0.25, 0.3) is 0 Å². The van der Waals surface area contributed by atoms with Crippen LogP contribution in [0.5, 0.6) is 0 Å². The van der Waals surface area contributed by atoms with Crippen LogP contribution in [0.1, 0.15) is 22.6 Å². The molecule has 1 aliphatic heterocycles. The molecule has 1 fully saturated rings. The van der Waals surface area contributed by atoms with Crippen molar-refractivity contribution in [3.05, 3.63) is 16.6 Å². The highest BCUT2D eigenvalue weighted by atomic mass is 35.5. The van der Waals surface area contributed by atoms with Crippen LogP contribution < -0.4 is 5.73 Å². The largest absolute Gasteiger partial charge is 0.330 e. The lowest BCUT2D eigenvalue weighted by molar-refractivity contribution is 0.0889. The summed E-state index contributed by atoms with van der Waals surface area (Å²) in [6.45, 7) is 3.17. The SMILES string of the molecule is Cl.NCC1CCCN(CC(=O)c2nccs2)C1. The maximum Gasteiger partial charge on any atom is 0.205 e. The Morgan fingerprint density at radius 3 is 3.12 bits per heavy atom. The Labute approximate surface area is 112 Å². The minimum Gasteiger partial charge on any atom is -0.330 e. The van der Waals surface area contributed by atoms with Gasteiger partial charge in [-0.05, 0) is 31.8 Å². The Bertz CT molecular complexity index is 344. The first-order valence-electron chi connectivity index (χ1n) is 5.64. The molecule has 2 heterocycles. The molecule has 0 aromatic carbocycles. The van der Waals surface area contributed by atoms with E-state index < -0.39 is 0 Å². The van der Waals surface area contributed by atoms with Crippen molar-refractivity contribution in [2.75, 3.05) is 26.2 Å². The van der Waals surface area contributed by atoms with E-state index in [-0.39, 0.29) is 18.2 Å². The number of thiazole rings is 1. The zero-order valence-corrected chi connectivity index (χ0v) is 11.3. The first-order valence-corrected chi connectivity index (χ1v) is 6.52. The molecule has 1 aliphatic rings. The predicted molar refractivity (Wildman–Crippen MR) is 71.9 cm³/mol. The smallest absolute Gasteiger partial charge is 0.205 e. The van der Waals surface area contributed by atoms with E-state index in [1.54, 1.807) is 6.20 Å². The number of nitrogens with two attached hydrogens (primary N) is 1. The number of hydrogen-bond acceptors (Lipinski definition) is 5. The molecule has 1 unspecified atom stereocenters. The van der Waals surface area contributed by atoms with Gasteiger partial charge in [-0.25, -0.2) is 4.98 Å². The number of aromatic nitrogens is 1. The zero-order chi connectivity index (χ0) is 11.4. The Balaban J connectivity index is 0.00000144. The second-order valence-electron chi connectivity index (χ2n) is 4.24. The number of hydrogen-bond donors (Lipinski definition) is 1. The van der Waals surface area contributed by atoms with Gasteiger partial charge < -0.3 is 5.73 Å². The summed E-state index contributed by atoms with van der Waals surface area (Å²) in [6.07, 6.45) is 4.02. The maximum atomic E-state index is 11.8. The molecular formula is C11H18ClN3OS. The molecule has 4 nitrogen and oxygen atoms in total. The van der Waals surface area contributed by atoms with Crippen molar-refractivity contribution in [2.45, 2.75) is 12.8 Å². The standard InChI is InChI=1S/C11H17N3OS.ClH/c12-6-9-2-1-4-14(7-9)8-10(15)11-13-3-5-16-11;/h3,5,9H,1-2,4,6-8,12H2;1H. The van der Waals surface area contributed by atoms with E-state index in [0.29, 0.717) is 17.5 Å². The van der Waals surface area contributed by atoms with Crippen molar-refractivity contribution < 1.29 is 4.79 Å². The van der Waals surface area contributed by atoms with Crippen molar-refractivity contribution in [2.24, 2.45) is 11.7 Å². The van der Waals surface area contributed by atoms with Gasteiger partial charge in [-0.2, -0.15) is 0 Å². The molecule has 6 heteroatoms. The fourth-order valence-electron chi connectivity index (χ4n) is 2.12. The van der Waals surface area contributed by atoms with Crippen LogP contribution in [0.2, 0.25) is 0 Å². The van der Waals surface area contributed by atoms with E-state index in [1.807, 2.05) is 5.38 Å². The Hall–Kier alpha value is -0.490. The molecule has 2 rings (SSSR count). The predicted octanol–water partition coefficient (Wildman–Crippen LogP) is 1.42. The number of carbonyl (C=O) groups excluding carboxylic acids is 1. The third-order valence-corrected chi connectivity index (χ3v) is 3.79. The quantitative estimate of drug-likeness (QED) is 0.845. The van der Waals surface area contributed by atoms with Crippen molar-refractivity contribution >= 4 is 29.5 Å². The van der Waals surface area contributed by atoms with Crippen molar-refractivity contribution in [1.82, 2.24) is 9.88 Å². The number of ketones is 1. The summed E-state index contributed by atoms with van der Waals surface area (Å²) in [5, 5.41) is 2.46. The second kappa shape index (κ2) is 7.06. The van der Waals surface area contributed by atoms with Crippen LogP contribution in [-0.4, -0.2) is 41.8 Å². The number of carbonyl (C=O) groups is 1. The summed E-state index contributed by atoms with van der Waals surface area (Å²) in [7, 11) is 0. The summed E-state index contributed by atoms with van der Waals surface area (Å²) in [4.78, 5) is 18.1. The van der Waals surface area contributed by atoms with Gasteiger partial charge in [0.2, 0.25) is 5.78 Å². The Kier molecular flexibility index (Phi) is 6.05. The molecular weight excluding hydrogens is 258 g/mol. The molecule has 0 aliphatic carbocycles. The van der Waals surface area contributed by atoms with Gasteiger partial charge in [-0.3, -0.25) is 9.69 Å². The fourth-order valence-corrected chi connectivity index (χ4v) is 2.69. The highest BCUT2D eigenvalue weighted by Crippen LogP contribution is 2.16. The number of nitrogens with zero attached hydrogens (tertiary/aromatic N) is 2. The normalized spacial score (nSPS) is 20.9. The van der Waals surface area contributed by atoms with Gasteiger partial charge in [-0.1, -0.05) is 0 Å². The minimum atomic E-state index is 0. The molecule has 0 spiro atoms. The fraction of sp³-hybridized carbons (Fsp3) is 0.636. The maximum absolute atomic E-state index is 11.8. The summed E-state index contributed by atoms with van der Waals surface area (Å²) < 4.78 is 0. The van der Waals surface area contributed by atoms with E-state index >= 15 is 0 Å². The summed E-state index contributed by atoms with van der Waals surface area (Å²) in [5.41, 5.74) is 5.67. The van der Waals surface area contributed by atoms with Gasteiger partial charge in [0.15, 0.2) is 5.01 Å². The van der Waals surface area contributed by atoms with Gasteiger partial charge in [0.05, 0.1) is 6.54 Å². The van der Waals surface area contributed by atoms with Crippen LogP contribution in [0.3, 0.4) is 0 Å². The highest BCUT2D eigenvalue weighted by molar-refractivity contribution is 7.11. The van der Waals surface area contributed by atoms with Crippen LogP contribution >= 0.6 is 23.7 Å². The molecule has 2 N–H and O–H groups in total. The minimum absolute atomic E-state index is 0. The van der Waals surface area contributed by atoms with E-state index in [2.05, 4.69) is 9.88 Å². The number of Topliss-reactive ketones (excluding diaryl/α,β-unsaturated/α-hetero) is 1. The van der Waals surface area contributed by atoms with Crippen LogP contribution in [-0.2, 0) is 0 Å². The molecule has 1 aromatic heterocycles. The third-order valence-electron chi connectivity index (χ3n) is 2.97. The lowest BCUT2D eigenvalue weighted by atomic mass is 9.98. The molecule has 17 heavy (non-hydrogen) atoms. The third kappa shape index (κ3) is 4.03. The van der Waals surface area contributed by atoms with Crippen LogP contribution in [0.25, 0.3) is 0 Å². The van der Waals surface area contributed by atoms with Crippen molar-refractivity contribution in [1.29, 1.82) is 0 Å². The molecule has 0 radical (unpaired) electrons. The average molecular weight is 276 g/mol. The molecule has 0 amide bonds. The summed E-state index contributed by atoms with van der Waals surface area (Å²) in [6, 6.07) is 0. The molecule has 1 aromatic rings. The lowest BCUT2D eigenvalue weighted by Gasteiger charge is -2.31. The first-order chi connectivity index (χ1) is 7.79. The van der Waals surface area contributed by atoms with Crippen LogP contribution in [0, 0.1) is 5.92 Å². The van der Waals surface area contributed by atoms with Gasteiger partial charge in [0.1, 0.15) is 0 Å². The average Bonchev–Trinajstić information content (AvgIpc) is 2.83. The van der Waals surface area contributed by atoms with Crippen molar-refractivity contribution in [3.8, 4) is 0 Å². The molecule has 1 atom stereocenters. The highest BCUT2D eigenvalue weighted by Gasteiger charge is 2.21. The van der Waals surface area contributed by atoms with Crippen LogP contribution in [0.15, 0.2) is 11.6 Å². The zero-order valence-electron chi connectivity index (χ0n) is 9.67. The van der Waals surface area contributed by atoms with E-state index in [1.165, 1.54) is 17.8 Å². The molecule has 96 valence electrons. The number of likely N-dealkylation sites (tertiary alicyclic amines) is 1. The number of halogens is 1. The first kappa shape index (κ1) is 14.6. The lowest BCUT2D eigenvalue weighted by Crippen LogP contribution is -2.41. The number of piperidine rings is 1. The Morgan fingerprint density at radius 1 is 1.65 bits per heavy atom. The van der Waals surface area contributed by atoms with Crippen molar-refractivity contribution in [3.63, 3.8) is 0 Å². The molecule has 1 saturated heterocycles. The monoisotopic (exact) mass is 275 g/mol. The molecule has 0 saturated carbocycles. The Morgan fingerprint density at radius 2 is 2.47 bits per heavy atom. The summed E-state index contributed by atoms with van der Waals surface area (Å²) >= 11 is 1.41. The van der Waals surface area contributed by atoms with Crippen LogP contribution in [0.4, 0.5) is 0 Å². The topological polar surface area (TPSA) is 59.2 Å². The van der Waals surface area contributed by atoms with E-state index in [9.17, 15) is 4.79 Å².